The molecule has 0 bridgehead atoms. The van der Waals surface area contributed by atoms with Gasteiger partial charge < -0.3 is 10.1 Å². The summed E-state index contributed by atoms with van der Waals surface area (Å²) in [4.78, 5) is 17.4. The summed E-state index contributed by atoms with van der Waals surface area (Å²) in [6.07, 6.45) is 4.46. The largest absolute Gasteiger partial charge is 0.381 e. The number of hydrogen-bond donors (Lipinski definition) is 1. The van der Waals surface area contributed by atoms with E-state index in [4.69, 9.17) is 4.74 Å². The van der Waals surface area contributed by atoms with Crippen molar-refractivity contribution in [2.75, 3.05) is 13.2 Å². The number of carbonyl (C=O) groups is 1. The minimum atomic E-state index is 0.00318. The maximum absolute atomic E-state index is 11.9. The summed E-state index contributed by atoms with van der Waals surface area (Å²) in [5.74, 6) is 0.0764. The molecule has 1 N–H and O–H groups in total. The Morgan fingerprint density at radius 1 is 1.50 bits per heavy atom. The van der Waals surface area contributed by atoms with Gasteiger partial charge in [0.1, 0.15) is 0 Å². The van der Waals surface area contributed by atoms with Gasteiger partial charge in [-0.05, 0) is 29.5 Å². The number of carbonyl (C=O) groups excluding carboxylic acids is 1. The lowest BCUT2D eigenvalue weighted by Crippen LogP contribution is -2.30. The predicted octanol–water partition coefficient (Wildman–Crippen LogP) is 2.46. The molecule has 1 amide bonds. The molecule has 0 aliphatic carbocycles. The number of aromatic nitrogens is 1. The van der Waals surface area contributed by atoms with E-state index in [1.165, 1.54) is 4.88 Å². The monoisotopic (exact) mass is 288 g/mol. The van der Waals surface area contributed by atoms with E-state index in [1.54, 1.807) is 17.5 Å². The molecule has 0 radical (unpaired) electrons. The zero-order valence-corrected chi connectivity index (χ0v) is 11.9. The summed E-state index contributed by atoms with van der Waals surface area (Å²) in [5, 5.41) is 5.00. The Morgan fingerprint density at radius 3 is 3.20 bits per heavy atom. The first-order chi connectivity index (χ1) is 9.83. The Kier molecular flexibility index (Phi) is 4.08. The molecule has 3 heterocycles. The van der Waals surface area contributed by atoms with Crippen LogP contribution in [0.3, 0.4) is 0 Å². The van der Waals surface area contributed by atoms with E-state index in [0.717, 1.165) is 17.5 Å². The lowest BCUT2D eigenvalue weighted by molar-refractivity contribution is -0.125. The highest BCUT2D eigenvalue weighted by molar-refractivity contribution is 7.13. The summed E-state index contributed by atoms with van der Waals surface area (Å²) in [5.41, 5.74) is 2.11. The smallest absolute Gasteiger partial charge is 0.225 e. The van der Waals surface area contributed by atoms with Crippen LogP contribution in [0.1, 0.15) is 12.0 Å². The van der Waals surface area contributed by atoms with E-state index >= 15 is 0 Å². The predicted molar refractivity (Wildman–Crippen MR) is 78.3 cm³/mol. The normalized spacial score (nSPS) is 18.1. The van der Waals surface area contributed by atoms with Crippen LogP contribution < -0.4 is 5.32 Å². The summed E-state index contributed by atoms with van der Waals surface area (Å²) in [6.45, 7) is 1.74. The molecule has 3 rings (SSSR count). The Balaban J connectivity index is 1.63. The molecule has 20 heavy (non-hydrogen) atoms. The Labute approximate surface area is 121 Å². The van der Waals surface area contributed by atoms with Gasteiger partial charge in [-0.25, -0.2) is 0 Å². The van der Waals surface area contributed by atoms with Crippen LogP contribution in [0, 0.1) is 5.92 Å². The molecular weight excluding hydrogens is 272 g/mol. The topological polar surface area (TPSA) is 51.2 Å². The number of pyridine rings is 1. The van der Waals surface area contributed by atoms with Gasteiger partial charge in [0.15, 0.2) is 0 Å². The number of rotatable bonds is 4. The van der Waals surface area contributed by atoms with Crippen molar-refractivity contribution >= 4 is 17.2 Å². The molecule has 1 saturated heterocycles. The standard InChI is InChI=1S/C15H16N2O2S/c18-15(12-3-4-19-10-12)17-8-11-6-13(9-16-7-11)14-2-1-5-20-14/h1-2,5-7,9,12H,3-4,8,10H2,(H,17,18)/t12-/m0/s1. The molecule has 5 heteroatoms. The number of thiophene rings is 1. The molecular formula is C15H16N2O2S. The van der Waals surface area contributed by atoms with Crippen LogP contribution in [0.25, 0.3) is 10.4 Å². The number of hydrogen-bond acceptors (Lipinski definition) is 4. The molecule has 0 aromatic carbocycles. The van der Waals surface area contributed by atoms with Gasteiger partial charge in [-0.2, -0.15) is 0 Å². The molecule has 0 unspecified atom stereocenters. The van der Waals surface area contributed by atoms with Gasteiger partial charge in [0.25, 0.3) is 0 Å². The molecule has 1 aliphatic heterocycles. The zero-order chi connectivity index (χ0) is 13.8. The first-order valence-electron chi connectivity index (χ1n) is 6.66. The highest BCUT2D eigenvalue weighted by Crippen LogP contribution is 2.24. The molecule has 1 aliphatic rings. The fourth-order valence-electron chi connectivity index (χ4n) is 2.24. The average Bonchev–Trinajstić information content (AvgIpc) is 3.17. The third kappa shape index (κ3) is 3.05. The molecule has 0 spiro atoms. The second-order valence-corrected chi connectivity index (χ2v) is 5.79. The molecule has 2 aromatic heterocycles. The first kappa shape index (κ1) is 13.3. The van der Waals surface area contributed by atoms with Gasteiger partial charge in [0.05, 0.1) is 12.5 Å². The summed E-state index contributed by atoms with van der Waals surface area (Å²) in [6, 6.07) is 6.17. The van der Waals surface area contributed by atoms with Crippen molar-refractivity contribution in [2.45, 2.75) is 13.0 Å². The first-order valence-corrected chi connectivity index (χ1v) is 7.54. The van der Waals surface area contributed by atoms with Crippen molar-refractivity contribution in [1.82, 2.24) is 10.3 Å². The zero-order valence-electron chi connectivity index (χ0n) is 11.0. The van der Waals surface area contributed by atoms with Crippen LogP contribution in [0.4, 0.5) is 0 Å². The maximum Gasteiger partial charge on any atom is 0.225 e. The maximum atomic E-state index is 11.9. The summed E-state index contributed by atoms with van der Waals surface area (Å²) < 4.78 is 5.23. The number of nitrogens with zero attached hydrogens (tertiary/aromatic N) is 1. The number of ether oxygens (including phenoxy) is 1. The lowest BCUT2D eigenvalue weighted by Gasteiger charge is -2.09. The minimum Gasteiger partial charge on any atom is -0.381 e. The van der Waals surface area contributed by atoms with Gasteiger partial charge in [0.2, 0.25) is 5.91 Å². The molecule has 4 nitrogen and oxygen atoms in total. The van der Waals surface area contributed by atoms with E-state index in [9.17, 15) is 4.79 Å². The van der Waals surface area contributed by atoms with Gasteiger partial charge >= 0.3 is 0 Å². The highest BCUT2D eigenvalue weighted by atomic mass is 32.1. The van der Waals surface area contributed by atoms with Gasteiger partial charge in [-0.3, -0.25) is 9.78 Å². The third-order valence-electron chi connectivity index (χ3n) is 3.37. The van der Waals surface area contributed by atoms with Crippen molar-refractivity contribution in [2.24, 2.45) is 5.92 Å². The quantitative estimate of drug-likeness (QED) is 0.940. The van der Waals surface area contributed by atoms with Crippen LogP contribution in [0.5, 0.6) is 0 Å². The van der Waals surface area contributed by atoms with Crippen LogP contribution >= 0.6 is 11.3 Å². The van der Waals surface area contributed by atoms with E-state index in [-0.39, 0.29) is 11.8 Å². The van der Waals surface area contributed by atoms with Gasteiger partial charge in [-0.1, -0.05) is 6.07 Å². The van der Waals surface area contributed by atoms with E-state index in [2.05, 4.69) is 22.4 Å². The highest BCUT2D eigenvalue weighted by Gasteiger charge is 2.22. The molecule has 1 fully saturated rings. The number of nitrogens with one attached hydrogen (secondary N) is 1. The van der Waals surface area contributed by atoms with Crippen molar-refractivity contribution in [3.63, 3.8) is 0 Å². The van der Waals surface area contributed by atoms with Crippen LogP contribution in [0.2, 0.25) is 0 Å². The Hall–Kier alpha value is -1.72. The third-order valence-corrected chi connectivity index (χ3v) is 4.29. The minimum absolute atomic E-state index is 0.00318. The van der Waals surface area contributed by atoms with Crippen molar-refractivity contribution in [3.8, 4) is 10.4 Å². The van der Waals surface area contributed by atoms with Crippen LogP contribution in [-0.2, 0) is 16.1 Å². The van der Waals surface area contributed by atoms with E-state index in [1.807, 2.05) is 17.6 Å². The summed E-state index contributed by atoms with van der Waals surface area (Å²) in [7, 11) is 0. The van der Waals surface area contributed by atoms with Crippen LogP contribution in [-0.4, -0.2) is 24.1 Å². The fraction of sp³-hybridized carbons (Fsp3) is 0.333. The Morgan fingerprint density at radius 2 is 2.45 bits per heavy atom. The lowest BCUT2D eigenvalue weighted by atomic mass is 10.1. The van der Waals surface area contributed by atoms with Crippen molar-refractivity contribution in [1.29, 1.82) is 0 Å². The average molecular weight is 288 g/mol. The van der Waals surface area contributed by atoms with Crippen LogP contribution in [0.15, 0.2) is 36.0 Å². The molecule has 0 saturated carbocycles. The van der Waals surface area contributed by atoms with E-state index in [0.29, 0.717) is 19.8 Å². The number of amides is 1. The second-order valence-electron chi connectivity index (χ2n) is 4.84. The molecule has 1 atom stereocenters. The van der Waals surface area contributed by atoms with Gasteiger partial charge in [-0.15, -0.1) is 11.3 Å². The van der Waals surface area contributed by atoms with E-state index < -0.39 is 0 Å². The van der Waals surface area contributed by atoms with Gasteiger partial charge in [0, 0.05) is 36.0 Å². The Bertz CT molecular complexity index is 577. The molecule has 2 aromatic rings. The van der Waals surface area contributed by atoms with Crippen molar-refractivity contribution in [3.05, 3.63) is 41.5 Å². The second kappa shape index (κ2) is 6.15. The summed E-state index contributed by atoms with van der Waals surface area (Å²) >= 11 is 1.69. The molecule has 104 valence electrons. The fourth-order valence-corrected chi connectivity index (χ4v) is 2.95. The van der Waals surface area contributed by atoms with Crippen molar-refractivity contribution < 1.29 is 9.53 Å². The SMILES string of the molecule is O=C(NCc1cncc(-c2cccs2)c1)[C@H]1CCOC1.